The lowest BCUT2D eigenvalue weighted by molar-refractivity contribution is -0.140. The van der Waals surface area contributed by atoms with Gasteiger partial charge in [-0.25, -0.2) is 9.18 Å². The van der Waals surface area contributed by atoms with E-state index in [0.717, 1.165) is 12.1 Å². The standard InChI is InChI=1S/C21H18F4N2O4/c1-31-20(30)15-11-27(8-9-28)19(29)18(15)26-14-5-2-12(3-6-14)13-4-7-17(22)16(10-13)21(23,24)25/h2-7,10,26,28H,8-9,11H2,1H3. The highest BCUT2D eigenvalue weighted by molar-refractivity contribution is 6.08. The van der Waals surface area contributed by atoms with E-state index in [4.69, 9.17) is 9.84 Å². The van der Waals surface area contributed by atoms with Gasteiger partial charge in [0.15, 0.2) is 0 Å². The molecule has 0 radical (unpaired) electrons. The van der Waals surface area contributed by atoms with Crippen LogP contribution >= 0.6 is 0 Å². The molecule has 1 aliphatic heterocycles. The van der Waals surface area contributed by atoms with E-state index in [1.54, 1.807) is 0 Å². The number of esters is 1. The predicted molar refractivity (Wildman–Crippen MR) is 103 cm³/mol. The summed E-state index contributed by atoms with van der Waals surface area (Å²) in [5.41, 5.74) is -0.302. The van der Waals surface area contributed by atoms with Crippen LogP contribution in [0.15, 0.2) is 53.7 Å². The number of carbonyl (C=O) groups excluding carboxylic acids is 2. The molecule has 10 heteroatoms. The lowest BCUT2D eigenvalue weighted by Crippen LogP contribution is -2.31. The highest BCUT2D eigenvalue weighted by Crippen LogP contribution is 2.34. The summed E-state index contributed by atoms with van der Waals surface area (Å²) < 4.78 is 57.0. The van der Waals surface area contributed by atoms with E-state index in [9.17, 15) is 27.2 Å². The number of anilines is 1. The van der Waals surface area contributed by atoms with E-state index in [1.807, 2.05) is 0 Å². The first-order valence-corrected chi connectivity index (χ1v) is 9.11. The van der Waals surface area contributed by atoms with Crippen LogP contribution in [0, 0.1) is 5.82 Å². The van der Waals surface area contributed by atoms with E-state index >= 15 is 0 Å². The Morgan fingerprint density at radius 3 is 2.39 bits per heavy atom. The number of nitrogens with one attached hydrogen (secondary N) is 1. The minimum atomic E-state index is -4.82. The first-order valence-electron chi connectivity index (χ1n) is 9.11. The summed E-state index contributed by atoms with van der Waals surface area (Å²) in [7, 11) is 1.18. The minimum Gasteiger partial charge on any atom is -0.466 e. The maximum Gasteiger partial charge on any atom is 0.419 e. The van der Waals surface area contributed by atoms with Gasteiger partial charge in [-0.1, -0.05) is 18.2 Å². The van der Waals surface area contributed by atoms with Crippen molar-refractivity contribution >= 4 is 17.6 Å². The van der Waals surface area contributed by atoms with Crippen molar-refractivity contribution in [3.8, 4) is 11.1 Å². The first-order chi connectivity index (χ1) is 14.7. The van der Waals surface area contributed by atoms with Crippen LogP contribution < -0.4 is 5.32 Å². The normalized spacial score (nSPS) is 14.3. The van der Waals surface area contributed by atoms with Crippen molar-refractivity contribution in [1.82, 2.24) is 4.90 Å². The van der Waals surface area contributed by atoms with Crippen LogP contribution in [0.3, 0.4) is 0 Å². The van der Waals surface area contributed by atoms with Gasteiger partial charge in [0.2, 0.25) is 0 Å². The second kappa shape index (κ2) is 8.76. The van der Waals surface area contributed by atoms with E-state index < -0.39 is 29.4 Å². The molecule has 1 aliphatic rings. The molecule has 0 unspecified atom stereocenters. The molecule has 0 aromatic heterocycles. The number of halogens is 4. The molecule has 1 heterocycles. The number of alkyl halides is 3. The zero-order valence-corrected chi connectivity index (χ0v) is 16.3. The van der Waals surface area contributed by atoms with Gasteiger partial charge in [-0.05, 0) is 35.4 Å². The quantitative estimate of drug-likeness (QED) is 0.535. The number of aliphatic hydroxyl groups is 1. The average Bonchev–Trinajstić information content (AvgIpc) is 3.03. The van der Waals surface area contributed by atoms with Gasteiger partial charge < -0.3 is 20.1 Å². The molecule has 1 amide bonds. The highest BCUT2D eigenvalue weighted by atomic mass is 19.4. The number of β-amino-alcohol motifs (C(OH)–C–C–N with tert-alkyl or cyclic N) is 1. The van der Waals surface area contributed by atoms with Crippen molar-refractivity contribution in [3.63, 3.8) is 0 Å². The van der Waals surface area contributed by atoms with Crippen LogP contribution in [0.5, 0.6) is 0 Å². The van der Waals surface area contributed by atoms with Gasteiger partial charge in [0.05, 0.1) is 31.4 Å². The highest BCUT2D eigenvalue weighted by Gasteiger charge is 2.35. The Balaban J connectivity index is 1.86. The summed E-state index contributed by atoms with van der Waals surface area (Å²) in [5, 5.41) is 11.9. The number of nitrogens with zero attached hydrogens (tertiary/aromatic N) is 1. The van der Waals surface area contributed by atoms with Gasteiger partial charge >= 0.3 is 12.1 Å². The van der Waals surface area contributed by atoms with Crippen molar-refractivity contribution in [2.75, 3.05) is 32.1 Å². The molecule has 0 bridgehead atoms. The molecule has 164 valence electrons. The Kier molecular flexibility index (Phi) is 6.30. The second-order valence-corrected chi connectivity index (χ2v) is 6.69. The van der Waals surface area contributed by atoms with Crippen LogP contribution in [0.4, 0.5) is 23.2 Å². The number of hydrogen-bond donors (Lipinski definition) is 2. The predicted octanol–water partition coefficient (Wildman–Crippen LogP) is 3.19. The van der Waals surface area contributed by atoms with Crippen LogP contribution in [0.25, 0.3) is 11.1 Å². The molecule has 0 fully saturated rings. The summed E-state index contributed by atoms with van der Waals surface area (Å²) in [6.07, 6.45) is -4.82. The molecular formula is C21H18F4N2O4. The van der Waals surface area contributed by atoms with Gasteiger partial charge in [0, 0.05) is 12.2 Å². The summed E-state index contributed by atoms with van der Waals surface area (Å²) in [5.74, 6) is -2.55. The Labute approximate surface area is 174 Å². The van der Waals surface area contributed by atoms with Crippen molar-refractivity contribution in [2.24, 2.45) is 0 Å². The van der Waals surface area contributed by atoms with Crippen molar-refractivity contribution in [3.05, 3.63) is 65.1 Å². The third-order valence-corrected chi connectivity index (χ3v) is 4.71. The Morgan fingerprint density at radius 1 is 1.16 bits per heavy atom. The van der Waals surface area contributed by atoms with Crippen molar-refractivity contribution in [1.29, 1.82) is 0 Å². The van der Waals surface area contributed by atoms with E-state index in [2.05, 4.69) is 5.32 Å². The molecule has 2 aromatic rings. The van der Waals surface area contributed by atoms with Crippen molar-refractivity contribution < 1.29 is 37.0 Å². The fourth-order valence-electron chi connectivity index (χ4n) is 3.16. The van der Waals surface area contributed by atoms with Crippen LogP contribution in [0.2, 0.25) is 0 Å². The SMILES string of the molecule is COC(=O)C1=C(Nc2ccc(-c3ccc(F)c(C(F)(F)F)c3)cc2)C(=O)N(CCO)C1. The van der Waals surface area contributed by atoms with Gasteiger partial charge in [-0.2, -0.15) is 13.2 Å². The van der Waals surface area contributed by atoms with Gasteiger partial charge in [-0.3, -0.25) is 4.79 Å². The van der Waals surface area contributed by atoms with E-state index in [-0.39, 0.29) is 36.5 Å². The van der Waals surface area contributed by atoms with Crippen LogP contribution in [-0.4, -0.2) is 48.7 Å². The molecule has 6 nitrogen and oxygen atoms in total. The number of amides is 1. The maximum absolute atomic E-state index is 13.5. The Bertz CT molecular complexity index is 1030. The molecule has 2 N–H and O–H groups in total. The first kappa shape index (κ1) is 22.3. The van der Waals surface area contributed by atoms with Gasteiger partial charge in [0.1, 0.15) is 11.5 Å². The topological polar surface area (TPSA) is 78.9 Å². The summed E-state index contributed by atoms with van der Waals surface area (Å²) >= 11 is 0. The molecule has 2 aromatic carbocycles. The summed E-state index contributed by atoms with van der Waals surface area (Å²) in [6.45, 7) is -0.266. The third-order valence-electron chi connectivity index (χ3n) is 4.71. The zero-order chi connectivity index (χ0) is 22.8. The third kappa shape index (κ3) is 4.69. The fourth-order valence-corrected chi connectivity index (χ4v) is 3.16. The molecule has 0 saturated carbocycles. The van der Waals surface area contributed by atoms with Gasteiger partial charge in [0.25, 0.3) is 5.91 Å². The molecule has 0 atom stereocenters. The number of hydrogen-bond acceptors (Lipinski definition) is 5. The van der Waals surface area contributed by atoms with Crippen molar-refractivity contribution in [2.45, 2.75) is 6.18 Å². The Hall–Kier alpha value is -3.40. The number of aliphatic hydroxyl groups excluding tert-OH is 1. The number of methoxy groups -OCH3 is 1. The molecular weight excluding hydrogens is 420 g/mol. The maximum atomic E-state index is 13.5. The number of benzene rings is 2. The molecule has 31 heavy (non-hydrogen) atoms. The fraction of sp³-hybridized carbons (Fsp3) is 0.238. The summed E-state index contributed by atoms with van der Waals surface area (Å²) in [4.78, 5) is 25.8. The van der Waals surface area contributed by atoms with E-state index in [0.29, 0.717) is 11.3 Å². The number of ether oxygens (including phenoxy) is 1. The Morgan fingerprint density at radius 2 is 1.81 bits per heavy atom. The molecule has 0 aliphatic carbocycles. The number of rotatable bonds is 6. The average molecular weight is 438 g/mol. The largest absolute Gasteiger partial charge is 0.466 e. The minimum absolute atomic E-state index is 0.00538. The second-order valence-electron chi connectivity index (χ2n) is 6.69. The molecule has 0 saturated heterocycles. The zero-order valence-electron chi connectivity index (χ0n) is 16.3. The molecule has 3 rings (SSSR count). The van der Waals surface area contributed by atoms with Gasteiger partial charge in [-0.15, -0.1) is 0 Å². The lowest BCUT2D eigenvalue weighted by atomic mass is 10.0. The lowest BCUT2D eigenvalue weighted by Gasteiger charge is -2.15. The van der Waals surface area contributed by atoms with E-state index in [1.165, 1.54) is 42.3 Å². The monoisotopic (exact) mass is 438 g/mol. The van der Waals surface area contributed by atoms with Crippen LogP contribution in [-0.2, 0) is 20.5 Å². The smallest absolute Gasteiger partial charge is 0.419 e. The number of carbonyl (C=O) groups is 2. The van der Waals surface area contributed by atoms with Crippen LogP contribution in [0.1, 0.15) is 5.56 Å². The summed E-state index contributed by atoms with van der Waals surface area (Å²) in [6, 6.07) is 8.73. The molecule has 0 spiro atoms.